The molecule has 5 nitrogen and oxygen atoms in total. The van der Waals surface area contributed by atoms with Crippen LogP contribution in [0, 0.1) is 12.8 Å². The quantitative estimate of drug-likeness (QED) is 0.912. The van der Waals surface area contributed by atoms with Crippen LogP contribution < -0.4 is 5.32 Å². The van der Waals surface area contributed by atoms with Gasteiger partial charge in [0.25, 0.3) is 5.91 Å². The predicted octanol–water partition coefficient (Wildman–Crippen LogP) is 4.05. The van der Waals surface area contributed by atoms with Gasteiger partial charge in [-0.2, -0.15) is 0 Å². The van der Waals surface area contributed by atoms with Crippen molar-refractivity contribution in [3.05, 3.63) is 46.9 Å². The average Bonchev–Trinajstić information content (AvgIpc) is 2.58. The number of aromatic nitrogens is 2. The first kappa shape index (κ1) is 16.7. The van der Waals surface area contributed by atoms with Crippen molar-refractivity contribution in [2.24, 2.45) is 5.92 Å². The van der Waals surface area contributed by atoms with E-state index < -0.39 is 0 Å². The number of amides is 1. The van der Waals surface area contributed by atoms with Crippen molar-refractivity contribution in [2.75, 3.05) is 18.4 Å². The second-order valence-electron chi connectivity index (χ2n) is 6.37. The molecule has 1 atom stereocenters. The van der Waals surface area contributed by atoms with Crippen LogP contribution >= 0.6 is 11.6 Å². The average molecular weight is 345 g/mol. The number of carbonyl (C=O) groups is 1. The van der Waals surface area contributed by atoms with Gasteiger partial charge in [0.15, 0.2) is 0 Å². The Balaban J connectivity index is 1.78. The van der Waals surface area contributed by atoms with Gasteiger partial charge in [0.05, 0.1) is 0 Å². The fraction of sp³-hybridized carbons (Fsp3) is 0.389. The lowest BCUT2D eigenvalue weighted by atomic mass is 10.00. The van der Waals surface area contributed by atoms with Crippen LogP contribution in [0.3, 0.4) is 0 Å². The molecule has 3 rings (SSSR count). The van der Waals surface area contributed by atoms with E-state index in [0.29, 0.717) is 22.5 Å². The van der Waals surface area contributed by atoms with Gasteiger partial charge in [-0.05, 0) is 43.4 Å². The predicted molar refractivity (Wildman–Crippen MR) is 95.8 cm³/mol. The van der Waals surface area contributed by atoms with Crippen molar-refractivity contribution in [1.29, 1.82) is 0 Å². The molecule has 1 aromatic carbocycles. The molecule has 2 heterocycles. The topological polar surface area (TPSA) is 58.1 Å². The van der Waals surface area contributed by atoms with Crippen LogP contribution in [0.5, 0.6) is 0 Å². The minimum atomic E-state index is -0.0326. The third-order valence-electron chi connectivity index (χ3n) is 4.29. The van der Waals surface area contributed by atoms with E-state index in [1.165, 1.54) is 12.7 Å². The van der Waals surface area contributed by atoms with Gasteiger partial charge >= 0.3 is 0 Å². The van der Waals surface area contributed by atoms with Crippen LogP contribution in [0.4, 0.5) is 11.5 Å². The Morgan fingerprint density at radius 2 is 2.17 bits per heavy atom. The summed E-state index contributed by atoms with van der Waals surface area (Å²) < 4.78 is 0. The van der Waals surface area contributed by atoms with Crippen molar-refractivity contribution in [3.8, 4) is 0 Å². The van der Waals surface area contributed by atoms with Crippen molar-refractivity contribution < 1.29 is 4.79 Å². The zero-order chi connectivity index (χ0) is 17.1. The molecule has 0 spiro atoms. The van der Waals surface area contributed by atoms with E-state index >= 15 is 0 Å². The summed E-state index contributed by atoms with van der Waals surface area (Å²) in [5.74, 6) is 1.09. The highest BCUT2D eigenvalue weighted by Crippen LogP contribution is 2.24. The Morgan fingerprint density at radius 1 is 1.33 bits per heavy atom. The smallest absolute Gasteiger partial charge is 0.272 e. The number of anilines is 2. The van der Waals surface area contributed by atoms with Gasteiger partial charge < -0.3 is 10.2 Å². The molecule has 0 bridgehead atoms. The van der Waals surface area contributed by atoms with Gasteiger partial charge in [0.2, 0.25) is 0 Å². The van der Waals surface area contributed by atoms with Crippen LogP contribution in [0.25, 0.3) is 0 Å². The van der Waals surface area contributed by atoms with Gasteiger partial charge in [-0.3, -0.25) is 4.79 Å². The zero-order valence-electron chi connectivity index (χ0n) is 13.9. The first-order valence-electron chi connectivity index (χ1n) is 8.17. The molecule has 1 aliphatic rings. The Kier molecular flexibility index (Phi) is 5.00. The molecule has 126 valence electrons. The number of hydrogen-bond donors (Lipinski definition) is 1. The van der Waals surface area contributed by atoms with Crippen LogP contribution in [-0.2, 0) is 0 Å². The molecule has 1 fully saturated rings. The molecule has 1 saturated heterocycles. The second kappa shape index (κ2) is 7.18. The normalized spacial score (nSPS) is 17.6. The number of likely N-dealkylation sites (tertiary alicyclic amines) is 1. The Labute approximate surface area is 147 Å². The Hall–Kier alpha value is -2.14. The van der Waals surface area contributed by atoms with E-state index in [1.54, 1.807) is 6.07 Å². The summed E-state index contributed by atoms with van der Waals surface area (Å²) in [5, 5.41) is 3.86. The molecule has 0 radical (unpaired) electrons. The minimum absolute atomic E-state index is 0.0326. The number of aryl methyl sites for hydroxylation is 1. The maximum Gasteiger partial charge on any atom is 0.272 e. The molecule has 0 saturated carbocycles. The van der Waals surface area contributed by atoms with E-state index in [1.807, 2.05) is 30.0 Å². The van der Waals surface area contributed by atoms with Gasteiger partial charge in [-0.25, -0.2) is 9.97 Å². The number of nitrogens with zero attached hydrogens (tertiary/aromatic N) is 3. The maximum atomic E-state index is 12.7. The molecule has 24 heavy (non-hydrogen) atoms. The van der Waals surface area contributed by atoms with E-state index in [0.717, 1.165) is 30.8 Å². The highest BCUT2D eigenvalue weighted by molar-refractivity contribution is 6.30. The summed E-state index contributed by atoms with van der Waals surface area (Å²) in [4.78, 5) is 22.9. The Morgan fingerprint density at radius 3 is 2.96 bits per heavy atom. The summed E-state index contributed by atoms with van der Waals surface area (Å²) in [6.45, 7) is 5.75. The largest absolute Gasteiger partial charge is 0.340 e. The van der Waals surface area contributed by atoms with Crippen LogP contribution in [0.2, 0.25) is 5.02 Å². The fourth-order valence-corrected chi connectivity index (χ4v) is 3.12. The standard InChI is InChI=1S/C18H21ClN4O/c1-12-4-3-7-23(10-12)18(24)16-9-17(21-11-20-16)22-15-8-14(19)6-5-13(15)2/h5-6,8-9,11-12H,3-4,7,10H2,1-2H3,(H,20,21,22). The van der Waals surface area contributed by atoms with E-state index in [-0.39, 0.29) is 5.91 Å². The number of halogens is 1. The zero-order valence-corrected chi connectivity index (χ0v) is 14.7. The molecule has 2 aromatic rings. The van der Waals surface area contributed by atoms with Crippen LogP contribution in [0.15, 0.2) is 30.6 Å². The van der Waals surface area contributed by atoms with E-state index in [9.17, 15) is 4.79 Å². The summed E-state index contributed by atoms with van der Waals surface area (Å²) >= 11 is 6.05. The number of benzene rings is 1. The monoisotopic (exact) mass is 344 g/mol. The summed E-state index contributed by atoms with van der Waals surface area (Å²) in [5.41, 5.74) is 2.34. The van der Waals surface area contributed by atoms with Gasteiger partial charge in [-0.1, -0.05) is 24.6 Å². The van der Waals surface area contributed by atoms with E-state index in [2.05, 4.69) is 22.2 Å². The third kappa shape index (κ3) is 3.85. The van der Waals surface area contributed by atoms with Crippen LogP contribution in [0.1, 0.15) is 35.8 Å². The van der Waals surface area contributed by atoms with Crippen molar-refractivity contribution in [2.45, 2.75) is 26.7 Å². The summed E-state index contributed by atoms with van der Waals surface area (Å²) in [7, 11) is 0. The van der Waals surface area contributed by atoms with Crippen LogP contribution in [-0.4, -0.2) is 33.9 Å². The minimum Gasteiger partial charge on any atom is -0.340 e. The Bertz CT molecular complexity index is 750. The number of carbonyl (C=O) groups excluding carboxylic acids is 1. The summed E-state index contributed by atoms with van der Waals surface area (Å²) in [6, 6.07) is 7.32. The van der Waals surface area contributed by atoms with Gasteiger partial charge in [0.1, 0.15) is 17.8 Å². The maximum absolute atomic E-state index is 12.7. The van der Waals surface area contributed by atoms with Crippen molar-refractivity contribution in [1.82, 2.24) is 14.9 Å². The van der Waals surface area contributed by atoms with Crippen molar-refractivity contribution >= 4 is 29.0 Å². The molecule has 1 aromatic heterocycles. The first-order chi connectivity index (χ1) is 11.5. The molecule has 0 aliphatic carbocycles. The lowest BCUT2D eigenvalue weighted by molar-refractivity contribution is 0.0677. The highest BCUT2D eigenvalue weighted by Gasteiger charge is 2.23. The first-order valence-corrected chi connectivity index (χ1v) is 8.55. The molecule has 1 unspecified atom stereocenters. The number of nitrogens with one attached hydrogen (secondary N) is 1. The van der Waals surface area contributed by atoms with Gasteiger partial charge in [0, 0.05) is 29.9 Å². The highest BCUT2D eigenvalue weighted by atomic mass is 35.5. The van der Waals surface area contributed by atoms with Gasteiger partial charge in [-0.15, -0.1) is 0 Å². The molecule has 1 aliphatic heterocycles. The third-order valence-corrected chi connectivity index (χ3v) is 4.53. The number of rotatable bonds is 3. The second-order valence-corrected chi connectivity index (χ2v) is 6.81. The molecular weight excluding hydrogens is 324 g/mol. The number of hydrogen-bond acceptors (Lipinski definition) is 4. The number of piperidine rings is 1. The lowest BCUT2D eigenvalue weighted by Crippen LogP contribution is -2.39. The van der Waals surface area contributed by atoms with E-state index in [4.69, 9.17) is 11.6 Å². The van der Waals surface area contributed by atoms with Crippen molar-refractivity contribution in [3.63, 3.8) is 0 Å². The molecular formula is C18H21ClN4O. The molecule has 1 amide bonds. The summed E-state index contributed by atoms with van der Waals surface area (Å²) in [6.07, 6.45) is 3.64. The lowest BCUT2D eigenvalue weighted by Gasteiger charge is -2.30. The molecule has 6 heteroatoms. The fourth-order valence-electron chi connectivity index (χ4n) is 2.95. The SMILES string of the molecule is Cc1ccc(Cl)cc1Nc1cc(C(=O)N2CCCC(C)C2)ncn1. The molecule has 1 N–H and O–H groups in total.